The average Bonchev–Trinajstić information content (AvgIpc) is 3.15. The molecule has 0 saturated carbocycles. The fraction of sp³-hybridized carbons (Fsp3) is 0.389. The molecule has 8 nitrogen and oxygen atoms in total. The van der Waals surface area contributed by atoms with E-state index in [1.807, 2.05) is 0 Å². The zero-order chi connectivity index (χ0) is 20.5. The molecule has 2 aromatic rings. The number of methoxy groups -OCH3 is 2. The van der Waals surface area contributed by atoms with Crippen LogP contribution in [0.5, 0.6) is 0 Å². The SMILES string of the molecule is COCCNC(=O)c1coc(CN(CCOC)C(=O)c2ccc(Cl)c(Cl)c2)n1. The molecule has 28 heavy (non-hydrogen) atoms. The maximum Gasteiger partial charge on any atom is 0.273 e. The summed E-state index contributed by atoms with van der Waals surface area (Å²) >= 11 is 11.9. The normalized spacial score (nSPS) is 10.7. The molecule has 1 heterocycles. The third-order valence-electron chi connectivity index (χ3n) is 3.72. The van der Waals surface area contributed by atoms with Gasteiger partial charge in [-0.2, -0.15) is 0 Å². The molecular formula is C18H21Cl2N3O5. The van der Waals surface area contributed by atoms with Gasteiger partial charge < -0.3 is 24.1 Å². The van der Waals surface area contributed by atoms with Crippen LogP contribution >= 0.6 is 23.2 Å². The quantitative estimate of drug-likeness (QED) is 0.583. The van der Waals surface area contributed by atoms with Gasteiger partial charge in [-0.05, 0) is 18.2 Å². The highest BCUT2D eigenvalue weighted by molar-refractivity contribution is 6.42. The van der Waals surface area contributed by atoms with Gasteiger partial charge in [-0.3, -0.25) is 9.59 Å². The predicted octanol–water partition coefficient (Wildman–Crippen LogP) is 2.65. The Morgan fingerprint density at radius 3 is 2.61 bits per heavy atom. The van der Waals surface area contributed by atoms with Crippen molar-refractivity contribution in [2.75, 3.05) is 40.5 Å². The van der Waals surface area contributed by atoms with Gasteiger partial charge in [0.05, 0.1) is 29.8 Å². The second-order valence-corrected chi connectivity index (χ2v) is 6.54. The third kappa shape index (κ3) is 6.20. The second kappa shape index (κ2) is 11.0. The van der Waals surface area contributed by atoms with Crippen LogP contribution in [0.2, 0.25) is 10.0 Å². The number of carbonyl (C=O) groups is 2. The Bertz CT molecular complexity index is 812. The maximum atomic E-state index is 12.8. The first kappa shape index (κ1) is 22.2. The van der Waals surface area contributed by atoms with Crippen LogP contribution in [0.4, 0.5) is 0 Å². The number of aromatic nitrogens is 1. The Labute approximate surface area is 172 Å². The standard InChI is InChI=1S/C18H21Cl2N3O5/c1-26-7-5-21-17(24)15-11-28-16(22-15)10-23(6-8-27-2)18(25)12-3-4-13(19)14(20)9-12/h3-4,9,11H,5-8,10H2,1-2H3,(H,21,24). The molecule has 0 bridgehead atoms. The largest absolute Gasteiger partial charge is 0.446 e. The minimum atomic E-state index is -0.383. The molecule has 1 aromatic heterocycles. The first-order chi connectivity index (χ1) is 13.5. The Hall–Kier alpha value is -2.13. The monoisotopic (exact) mass is 429 g/mol. The third-order valence-corrected chi connectivity index (χ3v) is 4.46. The molecule has 0 spiro atoms. The summed E-state index contributed by atoms with van der Waals surface area (Å²) in [6.45, 7) is 1.42. The van der Waals surface area contributed by atoms with Crippen LogP contribution in [0.15, 0.2) is 28.9 Å². The van der Waals surface area contributed by atoms with Crippen molar-refractivity contribution in [3.05, 3.63) is 51.7 Å². The number of carbonyl (C=O) groups excluding carboxylic acids is 2. The minimum absolute atomic E-state index is 0.0633. The van der Waals surface area contributed by atoms with Crippen LogP contribution in [0.25, 0.3) is 0 Å². The van der Waals surface area contributed by atoms with Gasteiger partial charge >= 0.3 is 0 Å². The average molecular weight is 430 g/mol. The van der Waals surface area contributed by atoms with Gasteiger partial charge in [-0.1, -0.05) is 23.2 Å². The van der Waals surface area contributed by atoms with Crippen molar-refractivity contribution in [2.45, 2.75) is 6.54 Å². The molecule has 2 amide bonds. The number of ether oxygens (including phenoxy) is 2. The molecule has 0 radical (unpaired) electrons. The van der Waals surface area contributed by atoms with Gasteiger partial charge in [0.2, 0.25) is 5.89 Å². The van der Waals surface area contributed by atoms with Gasteiger partial charge in [-0.15, -0.1) is 0 Å². The molecule has 0 aliphatic carbocycles. The summed E-state index contributed by atoms with van der Waals surface area (Å²) in [5.41, 5.74) is 0.495. The van der Waals surface area contributed by atoms with E-state index in [1.54, 1.807) is 19.2 Å². The van der Waals surface area contributed by atoms with Crippen molar-refractivity contribution in [2.24, 2.45) is 0 Å². The minimum Gasteiger partial charge on any atom is -0.446 e. The molecule has 1 N–H and O–H groups in total. The number of halogens is 2. The number of nitrogens with zero attached hydrogens (tertiary/aromatic N) is 2. The topological polar surface area (TPSA) is 93.9 Å². The lowest BCUT2D eigenvalue weighted by Gasteiger charge is -2.21. The van der Waals surface area contributed by atoms with Gasteiger partial charge in [-0.25, -0.2) is 4.98 Å². The lowest BCUT2D eigenvalue weighted by atomic mass is 10.2. The number of benzene rings is 1. The Morgan fingerprint density at radius 2 is 1.93 bits per heavy atom. The summed E-state index contributed by atoms with van der Waals surface area (Å²) in [5, 5.41) is 3.29. The Kier molecular flexibility index (Phi) is 8.72. The highest BCUT2D eigenvalue weighted by atomic mass is 35.5. The number of hydrogen-bond acceptors (Lipinski definition) is 6. The van der Waals surface area contributed by atoms with E-state index in [1.165, 1.54) is 24.3 Å². The lowest BCUT2D eigenvalue weighted by molar-refractivity contribution is 0.0663. The van der Waals surface area contributed by atoms with Gasteiger partial charge in [0, 0.05) is 32.9 Å². The van der Waals surface area contributed by atoms with E-state index in [9.17, 15) is 9.59 Å². The molecular weight excluding hydrogens is 409 g/mol. The van der Waals surface area contributed by atoms with Crippen molar-refractivity contribution in [1.82, 2.24) is 15.2 Å². The summed E-state index contributed by atoms with van der Waals surface area (Å²) in [6.07, 6.45) is 1.25. The van der Waals surface area contributed by atoms with Crippen molar-refractivity contribution < 1.29 is 23.5 Å². The smallest absolute Gasteiger partial charge is 0.273 e. The maximum absolute atomic E-state index is 12.8. The van der Waals surface area contributed by atoms with Crippen LogP contribution in [0.1, 0.15) is 26.7 Å². The zero-order valence-corrected chi connectivity index (χ0v) is 17.0. The molecule has 152 valence electrons. The molecule has 10 heteroatoms. The molecule has 1 aromatic carbocycles. The van der Waals surface area contributed by atoms with Crippen molar-refractivity contribution in [1.29, 1.82) is 0 Å². The number of nitrogens with one attached hydrogen (secondary N) is 1. The van der Waals surface area contributed by atoms with Crippen LogP contribution in [0, 0.1) is 0 Å². The number of hydrogen-bond donors (Lipinski definition) is 1. The predicted molar refractivity (Wildman–Crippen MR) is 104 cm³/mol. The zero-order valence-electron chi connectivity index (χ0n) is 15.5. The fourth-order valence-corrected chi connectivity index (χ4v) is 2.57. The van der Waals surface area contributed by atoms with E-state index in [2.05, 4.69) is 10.3 Å². The first-order valence-electron chi connectivity index (χ1n) is 8.41. The van der Waals surface area contributed by atoms with Gasteiger partial charge in [0.1, 0.15) is 6.26 Å². The van der Waals surface area contributed by atoms with E-state index >= 15 is 0 Å². The van der Waals surface area contributed by atoms with Crippen LogP contribution in [-0.2, 0) is 16.0 Å². The molecule has 0 fully saturated rings. The fourth-order valence-electron chi connectivity index (χ4n) is 2.27. The summed E-state index contributed by atoms with van der Waals surface area (Å²) in [7, 11) is 3.08. The van der Waals surface area contributed by atoms with E-state index in [0.717, 1.165) is 0 Å². The molecule has 0 aliphatic rings. The summed E-state index contributed by atoms with van der Waals surface area (Å²) in [4.78, 5) is 30.5. The Balaban J connectivity index is 2.10. The Morgan fingerprint density at radius 1 is 1.18 bits per heavy atom. The summed E-state index contributed by atoms with van der Waals surface area (Å²) < 4.78 is 15.3. The highest BCUT2D eigenvalue weighted by Crippen LogP contribution is 2.23. The number of oxazole rings is 1. The number of amides is 2. The number of rotatable bonds is 10. The first-order valence-corrected chi connectivity index (χ1v) is 9.16. The second-order valence-electron chi connectivity index (χ2n) is 5.72. The van der Waals surface area contributed by atoms with Gasteiger partial charge in [0.25, 0.3) is 11.8 Å². The lowest BCUT2D eigenvalue weighted by Crippen LogP contribution is -2.33. The van der Waals surface area contributed by atoms with Crippen LogP contribution in [-0.4, -0.2) is 62.2 Å². The molecule has 0 unspecified atom stereocenters. The van der Waals surface area contributed by atoms with Crippen LogP contribution in [0.3, 0.4) is 0 Å². The molecule has 0 atom stereocenters. The van der Waals surface area contributed by atoms with E-state index in [0.29, 0.717) is 36.9 Å². The van der Waals surface area contributed by atoms with Gasteiger partial charge in [0.15, 0.2) is 5.69 Å². The highest BCUT2D eigenvalue weighted by Gasteiger charge is 2.20. The molecule has 2 rings (SSSR count). The van der Waals surface area contributed by atoms with E-state index in [-0.39, 0.29) is 35.0 Å². The van der Waals surface area contributed by atoms with Crippen LogP contribution < -0.4 is 5.32 Å². The van der Waals surface area contributed by atoms with E-state index in [4.69, 9.17) is 37.1 Å². The van der Waals surface area contributed by atoms with Crippen molar-refractivity contribution >= 4 is 35.0 Å². The van der Waals surface area contributed by atoms with Crippen molar-refractivity contribution in [3.63, 3.8) is 0 Å². The molecule has 0 saturated heterocycles. The van der Waals surface area contributed by atoms with E-state index < -0.39 is 0 Å². The summed E-state index contributed by atoms with van der Waals surface area (Å²) in [5.74, 6) is -0.451. The van der Waals surface area contributed by atoms with Crippen molar-refractivity contribution in [3.8, 4) is 0 Å². The molecule has 0 aliphatic heterocycles. The summed E-state index contributed by atoms with van der Waals surface area (Å²) in [6, 6.07) is 4.64.